The van der Waals surface area contributed by atoms with Crippen molar-refractivity contribution >= 4 is 16.1 Å². The molecule has 1 heterocycles. The highest BCUT2D eigenvalue weighted by molar-refractivity contribution is 7.89. The first-order valence-electron chi connectivity index (χ1n) is 9.10. The highest BCUT2D eigenvalue weighted by atomic mass is 32.2. The zero-order valence-electron chi connectivity index (χ0n) is 15.8. The van der Waals surface area contributed by atoms with Gasteiger partial charge in [-0.25, -0.2) is 13.2 Å². The normalized spacial score (nSPS) is 14.8. The molecule has 1 fully saturated rings. The van der Waals surface area contributed by atoms with Crippen molar-refractivity contribution in [2.45, 2.75) is 11.8 Å². The maximum atomic E-state index is 12.7. The van der Waals surface area contributed by atoms with Gasteiger partial charge >= 0.3 is 6.03 Å². The molecule has 1 aliphatic rings. The van der Waals surface area contributed by atoms with Gasteiger partial charge in [0.2, 0.25) is 10.0 Å². The van der Waals surface area contributed by atoms with E-state index in [1.54, 1.807) is 29.2 Å². The lowest BCUT2D eigenvalue weighted by Crippen LogP contribution is -2.53. The van der Waals surface area contributed by atoms with Gasteiger partial charge in [0.15, 0.2) is 0 Å². The molecule has 2 amide bonds. The fourth-order valence-electron chi connectivity index (χ4n) is 2.89. The van der Waals surface area contributed by atoms with Crippen molar-refractivity contribution in [3.05, 3.63) is 65.7 Å². The van der Waals surface area contributed by atoms with Gasteiger partial charge in [0.25, 0.3) is 0 Å². The molecule has 2 aromatic carbocycles. The van der Waals surface area contributed by atoms with Gasteiger partial charge in [-0.3, -0.25) is 0 Å². The van der Waals surface area contributed by atoms with Crippen LogP contribution in [0, 0.1) is 18.8 Å². The lowest BCUT2D eigenvalue weighted by Gasteiger charge is -2.33. The topological polar surface area (TPSA) is 69.7 Å². The minimum Gasteiger partial charge on any atom is -0.327 e. The SMILES string of the molecule is Cc1ccc(S(=O)(=O)N2CCN(C(=O)NCC#Cc3ccccc3)CC2)cc1. The Bertz CT molecular complexity index is 969. The molecule has 0 spiro atoms. The molecule has 1 N–H and O–H groups in total. The van der Waals surface area contributed by atoms with Crippen LogP contribution in [0.2, 0.25) is 0 Å². The second kappa shape index (κ2) is 8.91. The number of nitrogens with zero attached hydrogens (tertiary/aromatic N) is 2. The summed E-state index contributed by atoms with van der Waals surface area (Å²) in [5.74, 6) is 5.90. The predicted molar refractivity (Wildman–Crippen MR) is 108 cm³/mol. The van der Waals surface area contributed by atoms with Crippen LogP contribution in [-0.2, 0) is 10.0 Å². The molecule has 6 nitrogen and oxygen atoms in total. The van der Waals surface area contributed by atoms with E-state index in [1.807, 2.05) is 37.3 Å². The van der Waals surface area contributed by atoms with Crippen molar-refractivity contribution in [3.8, 4) is 11.8 Å². The third-order valence-electron chi connectivity index (χ3n) is 4.52. The monoisotopic (exact) mass is 397 g/mol. The summed E-state index contributed by atoms with van der Waals surface area (Å²) in [4.78, 5) is 14.2. The number of hydrogen-bond acceptors (Lipinski definition) is 3. The number of carbonyl (C=O) groups excluding carboxylic acids is 1. The molecule has 0 bridgehead atoms. The Morgan fingerprint density at radius 2 is 1.64 bits per heavy atom. The van der Waals surface area contributed by atoms with Gasteiger partial charge in [-0.05, 0) is 31.2 Å². The molecule has 0 unspecified atom stereocenters. The van der Waals surface area contributed by atoms with E-state index in [1.165, 1.54) is 4.31 Å². The quantitative estimate of drug-likeness (QED) is 0.806. The summed E-state index contributed by atoms with van der Waals surface area (Å²) in [6, 6.07) is 16.1. The van der Waals surface area contributed by atoms with Gasteiger partial charge in [0.05, 0.1) is 11.4 Å². The average Bonchev–Trinajstić information content (AvgIpc) is 2.72. The summed E-state index contributed by atoms with van der Waals surface area (Å²) < 4.78 is 26.8. The zero-order chi connectivity index (χ0) is 20.0. The first kappa shape index (κ1) is 19.9. The second-order valence-electron chi connectivity index (χ2n) is 6.53. The Morgan fingerprint density at radius 1 is 1.00 bits per heavy atom. The van der Waals surface area contributed by atoms with Crippen LogP contribution in [0.5, 0.6) is 0 Å². The van der Waals surface area contributed by atoms with Crippen LogP contribution in [-0.4, -0.2) is 56.4 Å². The van der Waals surface area contributed by atoms with E-state index in [-0.39, 0.29) is 30.6 Å². The largest absolute Gasteiger partial charge is 0.327 e. The molecule has 0 aliphatic carbocycles. The zero-order valence-corrected chi connectivity index (χ0v) is 16.6. The number of aryl methyl sites for hydroxylation is 1. The number of benzene rings is 2. The lowest BCUT2D eigenvalue weighted by molar-refractivity contribution is 0.173. The Morgan fingerprint density at radius 3 is 2.29 bits per heavy atom. The average molecular weight is 398 g/mol. The first-order valence-corrected chi connectivity index (χ1v) is 10.5. The van der Waals surface area contributed by atoms with Crippen LogP contribution in [0.15, 0.2) is 59.5 Å². The molecule has 3 rings (SSSR count). The molecule has 1 saturated heterocycles. The van der Waals surface area contributed by atoms with Gasteiger partial charge < -0.3 is 10.2 Å². The van der Waals surface area contributed by atoms with Crippen molar-refractivity contribution in [2.75, 3.05) is 32.7 Å². The van der Waals surface area contributed by atoms with E-state index in [9.17, 15) is 13.2 Å². The van der Waals surface area contributed by atoms with E-state index < -0.39 is 10.0 Å². The molecule has 0 radical (unpaired) electrons. The molecule has 2 aromatic rings. The number of hydrogen-bond donors (Lipinski definition) is 1. The number of amides is 2. The Hall–Kier alpha value is -2.82. The number of sulfonamides is 1. The molecule has 0 atom stereocenters. The molecule has 146 valence electrons. The molecular weight excluding hydrogens is 374 g/mol. The van der Waals surface area contributed by atoms with Gasteiger partial charge in [0.1, 0.15) is 0 Å². The maximum Gasteiger partial charge on any atom is 0.318 e. The van der Waals surface area contributed by atoms with E-state index in [2.05, 4.69) is 17.2 Å². The summed E-state index contributed by atoms with van der Waals surface area (Å²) >= 11 is 0. The van der Waals surface area contributed by atoms with E-state index in [0.717, 1.165) is 11.1 Å². The minimum absolute atomic E-state index is 0.227. The van der Waals surface area contributed by atoms with Gasteiger partial charge in [-0.15, -0.1) is 0 Å². The summed E-state index contributed by atoms with van der Waals surface area (Å²) in [5.41, 5.74) is 1.91. The standard InChI is InChI=1S/C21H23N3O3S/c1-18-9-11-20(12-10-18)28(26,27)24-16-14-23(15-17-24)21(25)22-13-5-8-19-6-3-2-4-7-19/h2-4,6-7,9-12H,13-17H2,1H3,(H,22,25). The number of piperazine rings is 1. The summed E-state index contributed by atoms with van der Waals surface area (Å²) in [6.07, 6.45) is 0. The smallest absolute Gasteiger partial charge is 0.318 e. The van der Waals surface area contributed by atoms with Crippen molar-refractivity contribution in [1.29, 1.82) is 0 Å². The third kappa shape index (κ3) is 4.91. The lowest BCUT2D eigenvalue weighted by atomic mass is 10.2. The Kier molecular flexibility index (Phi) is 6.34. The van der Waals surface area contributed by atoms with E-state index in [4.69, 9.17) is 0 Å². The number of urea groups is 1. The number of carbonyl (C=O) groups is 1. The first-order chi connectivity index (χ1) is 13.5. The summed E-state index contributed by atoms with van der Waals surface area (Å²) in [6.45, 7) is 3.42. The molecule has 0 saturated carbocycles. The summed E-state index contributed by atoms with van der Waals surface area (Å²) in [5, 5.41) is 2.76. The van der Waals surface area contributed by atoms with Crippen LogP contribution in [0.4, 0.5) is 4.79 Å². The maximum absolute atomic E-state index is 12.7. The van der Waals surface area contributed by atoms with Crippen LogP contribution in [0.25, 0.3) is 0 Å². The van der Waals surface area contributed by atoms with Crippen LogP contribution in [0.1, 0.15) is 11.1 Å². The van der Waals surface area contributed by atoms with Crippen molar-refractivity contribution in [3.63, 3.8) is 0 Å². The fourth-order valence-corrected chi connectivity index (χ4v) is 4.31. The second-order valence-corrected chi connectivity index (χ2v) is 8.47. The van der Waals surface area contributed by atoms with Crippen molar-refractivity contribution < 1.29 is 13.2 Å². The molecule has 28 heavy (non-hydrogen) atoms. The number of rotatable bonds is 3. The van der Waals surface area contributed by atoms with Crippen molar-refractivity contribution in [1.82, 2.24) is 14.5 Å². The van der Waals surface area contributed by atoms with Gasteiger partial charge in [-0.1, -0.05) is 47.7 Å². The van der Waals surface area contributed by atoms with Gasteiger partial charge in [-0.2, -0.15) is 4.31 Å². The summed E-state index contributed by atoms with van der Waals surface area (Å²) in [7, 11) is -3.53. The van der Waals surface area contributed by atoms with Gasteiger partial charge in [0, 0.05) is 31.7 Å². The highest BCUT2D eigenvalue weighted by Crippen LogP contribution is 2.18. The predicted octanol–water partition coefficient (Wildman–Crippen LogP) is 2.06. The number of nitrogens with one attached hydrogen (secondary N) is 1. The Labute approximate surface area is 166 Å². The van der Waals surface area contributed by atoms with E-state index in [0.29, 0.717) is 13.1 Å². The molecular formula is C21H23N3O3S. The molecule has 7 heteroatoms. The fraction of sp³-hybridized carbons (Fsp3) is 0.286. The third-order valence-corrected chi connectivity index (χ3v) is 6.43. The van der Waals surface area contributed by atoms with Crippen LogP contribution >= 0.6 is 0 Å². The molecule has 0 aromatic heterocycles. The highest BCUT2D eigenvalue weighted by Gasteiger charge is 2.29. The van der Waals surface area contributed by atoms with Crippen LogP contribution < -0.4 is 5.32 Å². The Balaban J connectivity index is 1.50. The van der Waals surface area contributed by atoms with Crippen LogP contribution in [0.3, 0.4) is 0 Å². The minimum atomic E-state index is -3.53. The van der Waals surface area contributed by atoms with Crippen molar-refractivity contribution in [2.24, 2.45) is 0 Å². The molecule has 1 aliphatic heterocycles. The van der Waals surface area contributed by atoms with E-state index >= 15 is 0 Å².